The zero-order chi connectivity index (χ0) is 19.4. The van der Waals surface area contributed by atoms with Crippen molar-refractivity contribution in [2.24, 2.45) is 0 Å². The van der Waals surface area contributed by atoms with Crippen LogP contribution in [0.15, 0.2) is 53.4 Å². The van der Waals surface area contributed by atoms with Gasteiger partial charge in [-0.05, 0) is 54.7 Å². The zero-order valence-electron chi connectivity index (χ0n) is 15.7. The molecule has 27 heavy (non-hydrogen) atoms. The number of sulfonamides is 1. The molecule has 144 valence electrons. The van der Waals surface area contributed by atoms with Crippen molar-refractivity contribution in [3.63, 3.8) is 0 Å². The highest BCUT2D eigenvalue weighted by Crippen LogP contribution is 2.24. The number of nitrogens with one attached hydrogen (secondary N) is 2. The summed E-state index contributed by atoms with van der Waals surface area (Å²) in [4.78, 5) is 12.7. The second kappa shape index (κ2) is 8.23. The van der Waals surface area contributed by atoms with Crippen LogP contribution in [0.25, 0.3) is 0 Å². The molecule has 0 unspecified atom stereocenters. The fourth-order valence-electron chi connectivity index (χ4n) is 3.43. The number of amides is 1. The summed E-state index contributed by atoms with van der Waals surface area (Å²) in [6.07, 6.45) is 3.89. The minimum Gasteiger partial charge on any atom is -0.322 e. The van der Waals surface area contributed by atoms with E-state index in [-0.39, 0.29) is 22.8 Å². The number of benzene rings is 2. The maximum atomic E-state index is 12.6. The van der Waals surface area contributed by atoms with Gasteiger partial charge in [0, 0.05) is 17.3 Å². The summed E-state index contributed by atoms with van der Waals surface area (Å²) < 4.78 is 27.7. The van der Waals surface area contributed by atoms with Gasteiger partial charge in [-0.25, -0.2) is 13.1 Å². The van der Waals surface area contributed by atoms with Gasteiger partial charge in [-0.3, -0.25) is 4.79 Å². The molecule has 0 bridgehead atoms. The Hall–Kier alpha value is -2.18. The molecule has 0 saturated heterocycles. The molecule has 1 amide bonds. The van der Waals surface area contributed by atoms with Gasteiger partial charge < -0.3 is 5.32 Å². The van der Waals surface area contributed by atoms with Gasteiger partial charge in [0.2, 0.25) is 10.0 Å². The first-order chi connectivity index (χ1) is 12.9. The van der Waals surface area contributed by atoms with Crippen molar-refractivity contribution < 1.29 is 13.2 Å². The van der Waals surface area contributed by atoms with Crippen LogP contribution < -0.4 is 10.0 Å². The van der Waals surface area contributed by atoms with Crippen LogP contribution in [0.4, 0.5) is 5.69 Å². The summed E-state index contributed by atoms with van der Waals surface area (Å²) in [5, 5.41) is 2.92. The van der Waals surface area contributed by atoms with Crippen molar-refractivity contribution in [2.75, 3.05) is 5.32 Å². The fraction of sp³-hybridized carbons (Fsp3) is 0.381. The lowest BCUT2D eigenvalue weighted by Crippen LogP contribution is -2.32. The summed E-state index contributed by atoms with van der Waals surface area (Å²) >= 11 is 0. The molecule has 0 heterocycles. The van der Waals surface area contributed by atoms with E-state index in [1.165, 1.54) is 12.1 Å². The molecular weight excluding hydrogens is 360 g/mol. The maximum absolute atomic E-state index is 12.6. The molecule has 1 aliphatic rings. The lowest BCUT2D eigenvalue weighted by molar-refractivity contribution is 0.102. The van der Waals surface area contributed by atoms with E-state index in [0.29, 0.717) is 5.56 Å². The number of carbonyl (C=O) groups excluding carboxylic acids is 1. The van der Waals surface area contributed by atoms with Crippen LogP contribution in [0.3, 0.4) is 0 Å². The molecular formula is C21H26N2O3S. The minimum absolute atomic E-state index is 0.0190. The molecule has 0 aliphatic heterocycles. The molecule has 6 heteroatoms. The Balaban J connectivity index is 1.72. The number of rotatable bonds is 6. The van der Waals surface area contributed by atoms with Crippen LogP contribution in [0, 0.1) is 0 Å². The quantitative estimate of drug-likeness (QED) is 0.778. The molecule has 2 aromatic carbocycles. The summed E-state index contributed by atoms with van der Waals surface area (Å²) in [7, 11) is -3.54. The van der Waals surface area contributed by atoms with Gasteiger partial charge in [-0.2, -0.15) is 0 Å². The first kappa shape index (κ1) is 19.6. The predicted molar refractivity (Wildman–Crippen MR) is 108 cm³/mol. The second-order valence-corrected chi connectivity index (χ2v) is 9.04. The molecule has 5 nitrogen and oxygen atoms in total. The van der Waals surface area contributed by atoms with Gasteiger partial charge in [0.25, 0.3) is 5.91 Å². The van der Waals surface area contributed by atoms with Crippen LogP contribution in [0.5, 0.6) is 0 Å². The number of hydrogen-bond acceptors (Lipinski definition) is 3. The van der Waals surface area contributed by atoms with E-state index in [1.807, 2.05) is 24.3 Å². The molecule has 1 fully saturated rings. The second-order valence-electron chi connectivity index (χ2n) is 7.32. The van der Waals surface area contributed by atoms with Gasteiger partial charge in [0.1, 0.15) is 0 Å². The Labute approximate surface area is 161 Å². The van der Waals surface area contributed by atoms with Gasteiger partial charge in [-0.1, -0.05) is 44.9 Å². The monoisotopic (exact) mass is 386 g/mol. The highest BCUT2D eigenvalue weighted by molar-refractivity contribution is 7.89. The Morgan fingerprint density at radius 2 is 1.63 bits per heavy atom. The van der Waals surface area contributed by atoms with E-state index >= 15 is 0 Å². The van der Waals surface area contributed by atoms with E-state index in [9.17, 15) is 13.2 Å². The summed E-state index contributed by atoms with van der Waals surface area (Å²) in [5.74, 6) is 0.0338. The third-order valence-corrected chi connectivity index (χ3v) is 6.47. The number of para-hydroxylation sites is 1. The average molecular weight is 387 g/mol. The summed E-state index contributed by atoms with van der Waals surface area (Å²) in [6, 6.07) is 13.8. The molecule has 3 rings (SSSR count). The third-order valence-electron chi connectivity index (χ3n) is 4.93. The first-order valence-electron chi connectivity index (χ1n) is 9.39. The Morgan fingerprint density at radius 1 is 1.00 bits per heavy atom. The Morgan fingerprint density at radius 3 is 2.26 bits per heavy atom. The van der Waals surface area contributed by atoms with E-state index in [1.54, 1.807) is 12.1 Å². The van der Waals surface area contributed by atoms with Gasteiger partial charge >= 0.3 is 0 Å². The number of anilines is 1. The number of carbonyl (C=O) groups is 1. The van der Waals surface area contributed by atoms with Gasteiger partial charge in [0.15, 0.2) is 0 Å². The van der Waals surface area contributed by atoms with Gasteiger partial charge in [-0.15, -0.1) is 0 Å². The van der Waals surface area contributed by atoms with Crippen LogP contribution in [-0.4, -0.2) is 20.4 Å². The smallest absolute Gasteiger partial charge is 0.255 e. The minimum atomic E-state index is -3.54. The van der Waals surface area contributed by atoms with E-state index in [4.69, 9.17) is 0 Å². The lowest BCUT2D eigenvalue weighted by Gasteiger charge is -2.14. The molecule has 2 aromatic rings. The maximum Gasteiger partial charge on any atom is 0.255 e. The van der Waals surface area contributed by atoms with Crippen molar-refractivity contribution in [1.82, 2.24) is 4.72 Å². The van der Waals surface area contributed by atoms with Crippen molar-refractivity contribution in [2.45, 2.75) is 56.4 Å². The van der Waals surface area contributed by atoms with Crippen LogP contribution in [0.2, 0.25) is 0 Å². The number of hydrogen-bond donors (Lipinski definition) is 2. The molecule has 1 aliphatic carbocycles. The SMILES string of the molecule is CC(C)c1ccccc1NC(=O)c1ccc(S(=O)(=O)NC2CCCC2)cc1. The van der Waals surface area contributed by atoms with Gasteiger partial charge in [0.05, 0.1) is 4.90 Å². The molecule has 2 N–H and O–H groups in total. The largest absolute Gasteiger partial charge is 0.322 e. The van der Waals surface area contributed by atoms with Crippen molar-refractivity contribution >= 4 is 21.6 Å². The first-order valence-corrected chi connectivity index (χ1v) is 10.9. The summed E-state index contributed by atoms with van der Waals surface area (Å²) in [6.45, 7) is 4.14. The Bertz CT molecular complexity index is 899. The van der Waals surface area contributed by atoms with E-state index < -0.39 is 10.0 Å². The predicted octanol–water partition coefficient (Wildman–Crippen LogP) is 4.28. The van der Waals surface area contributed by atoms with Crippen molar-refractivity contribution in [3.8, 4) is 0 Å². The standard InChI is InChI=1S/C21H26N2O3S/c1-15(2)19-9-5-6-10-20(19)22-21(24)16-11-13-18(14-12-16)27(25,26)23-17-7-3-4-8-17/h5-6,9-15,17,23H,3-4,7-8H2,1-2H3,(H,22,24). The average Bonchev–Trinajstić information content (AvgIpc) is 3.14. The van der Waals surface area contributed by atoms with E-state index in [0.717, 1.165) is 36.9 Å². The lowest BCUT2D eigenvalue weighted by atomic mass is 10.0. The zero-order valence-corrected chi connectivity index (χ0v) is 16.6. The third kappa shape index (κ3) is 4.76. The molecule has 0 atom stereocenters. The topological polar surface area (TPSA) is 75.3 Å². The normalized spacial score (nSPS) is 15.2. The van der Waals surface area contributed by atoms with Crippen LogP contribution in [0.1, 0.15) is 61.4 Å². The van der Waals surface area contributed by atoms with Crippen LogP contribution in [-0.2, 0) is 10.0 Å². The molecule has 0 radical (unpaired) electrons. The Kier molecular flexibility index (Phi) is 5.97. The molecule has 1 saturated carbocycles. The van der Waals surface area contributed by atoms with Crippen LogP contribution >= 0.6 is 0 Å². The highest BCUT2D eigenvalue weighted by Gasteiger charge is 2.23. The summed E-state index contributed by atoms with van der Waals surface area (Å²) in [5.41, 5.74) is 2.26. The highest BCUT2D eigenvalue weighted by atomic mass is 32.2. The molecule has 0 spiro atoms. The fourth-order valence-corrected chi connectivity index (χ4v) is 4.73. The van der Waals surface area contributed by atoms with E-state index in [2.05, 4.69) is 23.9 Å². The molecule has 0 aromatic heterocycles. The van der Waals surface area contributed by atoms with Crippen molar-refractivity contribution in [3.05, 3.63) is 59.7 Å². The van der Waals surface area contributed by atoms with Crippen molar-refractivity contribution in [1.29, 1.82) is 0 Å².